The molecule has 0 atom stereocenters. The second-order valence-electron chi connectivity index (χ2n) is 6.48. The van der Waals surface area contributed by atoms with Gasteiger partial charge in [0.05, 0.1) is 25.4 Å². The van der Waals surface area contributed by atoms with Gasteiger partial charge in [-0.2, -0.15) is 0 Å². The summed E-state index contributed by atoms with van der Waals surface area (Å²) in [7, 11) is 3.21. The van der Waals surface area contributed by atoms with Gasteiger partial charge in [-0.15, -0.1) is 0 Å². The van der Waals surface area contributed by atoms with Gasteiger partial charge in [0.2, 0.25) is 0 Å². The Balaban J connectivity index is 1.95. The number of nitrogens with zero attached hydrogens (tertiary/aromatic N) is 2. The van der Waals surface area contributed by atoms with Gasteiger partial charge in [0.1, 0.15) is 5.75 Å². The van der Waals surface area contributed by atoms with Crippen LogP contribution in [0.15, 0.2) is 60.7 Å². The van der Waals surface area contributed by atoms with Crippen molar-refractivity contribution >= 4 is 10.9 Å². The number of hydrogen-bond acceptors (Lipinski definition) is 5. The van der Waals surface area contributed by atoms with Crippen LogP contribution in [0.5, 0.6) is 17.2 Å². The van der Waals surface area contributed by atoms with E-state index in [1.54, 1.807) is 20.3 Å². The SMILES string of the molecule is COc1ccc(-c2nc(-c3ccc(O)c(C)c3)c3ccccc3n2)cc1OC. The molecule has 3 aromatic carbocycles. The minimum atomic E-state index is 0.266. The number of aromatic nitrogens is 2. The normalized spacial score (nSPS) is 10.8. The molecule has 1 heterocycles. The Morgan fingerprint density at radius 2 is 1.54 bits per heavy atom. The molecule has 4 rings (SSSR count). The number of rotatable bonds is 4. The fourth-order valence-corrected chi connectivity index (χ4v) is 3.20. The van der Waals surface area contributed by atoms with Crippen molar-refractivity contribution in [1.29, 1.82) is 0 Å². The number of aryl methyl sites for hydroxylation is 1. The van der Waals surface area contributed by atoms with Gasteiger partial charge in [0, 0.05) is 16.5 Å². The van der Waals surface area contributed by atoms with E-state index in [2.05, 4.69) is 0 Å². The summed E-state index contributed by atoms with van der Waals surface area (Å²) in [6.07, 6.45) is 0. The number of hydrogen-bond donors (Lipinski definition) is 1. The molecule has 0 aliphatic heterocycles. The summed E-state index contributed by atoms with van der Waals surface area (Å²) in [5, 5.41) is 10.8. The number of para-hydroxylation sites is 1. The summed E-state index contributed by atoms with van der Waals surface area (Å²) < 4.78 is 10.7. The maximum atomic E-state index is 9.89. The molecular weight excluding hydrogens is 352 g/mol. The minimum Gasteiger partial charge on any atom is -0.508 e. The van der Waals surface area contributed by atoms with E-state index in [0.717, 1.165) is 33.3 Å². The lowest BCUT2D eigenvalue weighted by Crippen LogP contribution is -1.97. The van der Waals surface area contributed by atoms with E-state index < -0.39 is 0 Å². The Hall–Kier alpha value is -3.60. The molecule has 0 saturated carbocycles. The summed E-state index contributed by atoms with van der Waals surface area (Å²) in [6, 6.07) is 19.0. The van der Waals surface area contributed by atoms with Crippen molar-refractivity contribution in [2.75, 3.05) is 14.2 Å². The van der Waals surface area contributed by atoms with Gasteiger partial charge in [-0.05, 0) is 55.0 Å². The van der Waals surface area contributed by atoms with E-state index in [4.69, 9.17) is 19.4 Å². The number of ether oxygens (including phenoxy) is 2. The van der Waals surface area contributed by atoms with Crippen LogP contribution in [0.3, 0.4) is 0 Å². The van der Waals surface area contributed by atoms with E-state index in [1.165, 1.54) is 0 Å². The molecule has 0 fully saturated rings. The zero-order valence-electron chi connectivity index (χ0n) is 15.9. The lowest BCUT2D eigenvalue weighted by Gasteiger charge is -2.12. The highest BCUT2D eigenvalue weighted by atomic mass is 16.5. The first-order valence-electron chi connectivity index (χ1n) is 8.90. The first-order chi connectivity index (χ1) is 13.6. The van der Waals surface area contributed by atoms with Crippen LogP contribution in [0.25, 0.3) is 33.5 Å². The highest BCUT2D eigenvalue weighted by molar-refractivity contribution is 5.93. The lowest BCUT2D eigenvalue weighted by atomic mass is 10.0. The highest BCUT2D eigenvalue weighted by Gasteiger charge is 2.14. The summed E-state index contributed by atoms with van der Waals surface area (Å²) >= 11 is 0. The zero-order valence-corrected chi connectivity index (χ0v) is 15.9. The summed E-state index contributed by atoms with van der Waals surface area (Å²) in [4.78, 5) is 9.60. The predicted molar refractivity (Wildman–Crippen MR) is 110 cm³/mol. The third-order valence-corrected chi connectivity index (χ3v) is 4.72. The van der Waals surface area contributed by atoms with Gasteiger partial charge in [-0.3, -0.25) is 0 Å². The van der Waals surface area contributed by atoms with Crippen molar-refractivity contribution in [3.05, 3.63) is 66.2 Å². The van der Waals surface area contributed by atoms with E-state index in [-0.39, 0.29) is 5.75 Å². The molecule has 0 bridgehead atoms. The van der Waals surface area contributed by atoms with Crippen LogP contribution in [0.4, 0.5) is 0 Å². The molecule has 0 spiro atoms. The summed E-state index contributed by atoms with van der Waals surface area (Å²) in [5.41, 5.74) is 4.23. The minimum absolute atomic E-state index is 0.266. The van der Waals surface area contributed by atoms with Crippen LogP contribution >= 0.6 is 0 Å². The van der Waals surface area contributed by atoms with Gasteiger partial charge in [0.25, 0.3) is 0 Å². The van der Waals surface area contributed by atoms with Crippen molar-refractivity contribution < 1.29 is 14.6 Å². The van der Waals surface area contributed by atoms with Crippen molar-refractivity contribution in [3.63, 3.8) is 0 Å². The second-order valence-corrected chi connectivity index (χ2v) is 6.48. The standard InChI is InChI=1S/C23H20N2O3/c1-14-12-15(8-10-19(14)26)22-17-6-4-5-7-18(17)24-23(25-22)16-9-11-20(27-2)21(13-16)28-3/h4-13,26H,1-3H3. The molecule has 140 valence electrons. The summed E-state index contributed by atoms with van der Waals surface area (Å²) in [5.74, 6) is 2.14. The van der Waals surface area contributed by atoms with Gasteiger partial charge in [0.15, 0.2) is 17.3 Å². The Morgan fingerprint density at radius 3 is 2.29 bits per heavy atom. The maximum absolute atomic E-state index is 9.89. The molecule has 0 aliphatic carbocycles. The molecule has 0 radical (unpaired) electrons. The van der Waals surface area contributed by atoms with Gasteiger partial charge in [-0.25, -0.2) is 9.97 Å². The smallest absolute Gasteiger partial charge is 0.161 e. The molecule has 28 heavy (non-hydrogen) atoms. The highest BCUT2D eigenvalue weighted by Crippen LogP contribution is 2.34. The maximum Gasteiger partial charge on any atom is 0.161 e. The third-order valence-electron chi connectivity index (χ3n) is 4.72. The van der Waals surface area contributed by atoms with Crippen LogP contribution in [-0.2, 0) is 0 Å². The number of phenolic OH excluding ortho intramolecular Hbond substituents is 1. The average Bonchev–Trinajstić information content (AvgIpc) is 2.74. The fourth-order valence-electron chi connectivity index (χ4n) is 3.20. The summed E-state index contributed by atoms with van der Waals surface area (Å²) in [6.45, 7) is 1.87. The van der Waals surface area contributed by atoms with E-state index in [9.17, 15) is 5.11 Å². The van der Waals surface area contributed by atoms with Crippen molar-refractivity contribution in [2.45, 2.75) is 6.92 Å². The topological polar surface area (TPSA) is 64.5 Å². The third kappa shape index (κ3) is 3.11. The van der Waals surface area contributed by atoms with Crippen LogP contribution in [0.1, 0.15) is 5.56 Å². The van der Waals surface area contributed by atoms with Crippen molar-refractivity contribution in [3.8, 4) is 39.9 Å². The molecule has 0 amide bonds. The Labute approximate surface area is 163 Å². The van der Waals surface area contributed by atoms with Crippen molar-refractivity contribution in [1.82, 2.24) is 9.97 Å². The first kappa shape index (κ1) is 17.8. The van der Waals surface area contributed by atoms with E-state index in [0.29, 0.717) is 17.3 Å². The Kier molecular flexibility index (Phi) is 4.57. The number of methoxy groups -OCH3 is 2. The monoisotopic (exact) mass is 372 g/mol. The quantitative estimate of drug-likeness (QED) is 0.546. The molecule has 0 saturated heterocycles. The van der Waals surface area contributed by atoms with E-state index in [1.807, 2.05) is 61.5 Å². The Bertz CT molecular complexity index is 1170. The fraction of sp³-hybridized carbons (Fsp3) is 0.130. The van der Waals surface area contributed by atoms with Crippen molar-refractivity contribution in [2.24, 2.45) is 0 Å². The lowest BCUT2D eigenvalue weighted by molar-refractivity contribution is 0.355. The van der Waals surface area contributed by atoms with Crippen LogP contribution in [0, 0.1) is 6.92 Å². The molecule has 5 heteroatoms. The van der Waals surface area contributed by atoms with Gasteiger partial charge >= 0.3 is 0 Å². The molecule has 4 aromatic rings. The number of fused-ring (bicyclic) bond motifs is 1. The second kappa shape index (κ2) is 7.19. The van der Waals surface area contributed by atoms with Crippen LogP contribution < -0.4 is 9.47 Å². The molecule has 1 N–H and O–H groups in total. The van der Waals surface area contributed by atoms with Gasteiger partial charge < -0.3 is 14.6 Å². The molecule has 1 aromatic heterocycles. The molecule has 5 nitrogen and oxygen atoms in total. The number of phenols is 1. The predicted octanol–water partition coefficient (Wildman–Crippen LogP) is 5.00. The molecular formula is C23H20N2O3. The first-order valence-corrected chi connectivity index (χ1v) is 8.90. The zero-order chi connectivity index (χ0) is 19.7. The van der Waals surface area contributed by atoms with Gasteiger partial charge in [-0.1, -0.05) is 18.2 Å². The molecule has 0 unspecified atom stereocenters. The number of benzene rings is 3. The number of aromatic hydroxyl groups is 1. The average molecular weight is 372 g/mol. The Morgan fingerprint density at radius 1 is 0.786 bits per heavy atom. The molecule has 0 aliphatic rings. The van der Waals surface area contributed by atoms with E-state index >= 15 is 0 Å². The van der Waals surface area contributed by atoms with Crippen LogP contribution in [0.2, 0.25) is 0 Å². The van der Waals surface area contributed by atoms with Crippen LogP contribution in [-0.4, -0.2) is 29.3 Å². The largest absolute Gasteiger partial charge is 0.508 e.